The van der Waals surface area contributed by atoms with Gasteiger partial charge in [0, 0.05) is 17.0 Å². The van der Waals surface area contributed by atoms with Gasteiger partial charge in [0.1, 0.15) is 36.2 Å². The maximum Gasteiger partial charge on any atom is 0.132 e. The average molecular weight is 513 g/mol. The highest BCUT2D eigenvalue weighted by Crippen LogP contribution is 2.52. The smallest absolute Gasteiger partial charge is 0.132 e. The highest BCUT2D eigenvalue weighted by molar-refractivity contribution is 5.96. The lowest BCUT2D eigenvalue weighted by Crippen LogP contribution is -2.13. The van der Waals surface area contributed by atoms with Gasteiger partial charge in [0.25, 0.3) is 0 Å². The van der Waals surface area contributed by atoms with Crippen LogP contribution in [0.2, 0.25) is 0 Å². The molecule has 0 radical (unpaired) electrons. The molecule has 0 aliphatic carbocycles. The zero-order chi connectivity index (χ0) is 26.8. The Bertz CT molecular complexity index is 1580. The maximum absolute atomic E-state index is 6.61. The van der Waals surface area contributed by atoms with E-state index in [1.165, 1.54) is 22.3 Å². The van der Waals surface area contributed by atoms with Crippen LogP contribution < -0.4 is 14.2 Å². The number of hydrogen-bond donors (Lipinski definition) is 0. The monoisotopic (exact) mass is 512 g/mol. The molecule has 0 N–H and O–H groups in total. The third kappa shape index (κ3) is 4.66. The number of fused-ring (bicyclic) bond motifs is 6. The predicted octanol–water partition coefficient (Wildman–Crippen LogP) is 9.36. The number of hydrogen-bond acceptors (Lipinski definition) is 3. The molecular formula is C36H32O3. The van der Waals surface area contributed by atoms with Crippen molar-refractivity contribution in [3.63, 3.8) is 0 Å². The molecule has 5 aromatic carbocycles. The topological polar surface area (TPSA) is 27.7 Å². The second kappa shape index (κ2) is 10.7. The Hall–Kier alpha value is -4.50. The standard InChI is InChI=1S/C36H32O3/c1-4-7-24-8-10-25(11-9-24)34-35-30-16-14-28(37-20-5-2)22-26(30)12-18-32(35)39-33-19-13-27-23-29(38-21-6-3)15-17-31(27)36(33)34/h5-6,8-19,22-23,34H,2-4,7,20-21H2,1H3. The van der Waals surface area contributed by atoms with E-state index >= 15 is 0 Å². The molecule has 3 nitrogen and oxygen atoms in total. The SMILES string of the molecule is C=CCOc1ccc2c3c(ccc2c1)Oc1ccc2cc(OCC=C)ccc2c1C3c1ccc(CCC)cc1. The number of ether oxygens (including phenoxy) is 3. The van der Waals surface area contributed by atoms with Gasteiger partial charge in [0.05, 0.1) is 0 Å². The van der Waals surface area contributed by atoms with E-state index in [0.29, 0.717) is 13.2 Å². The van der Waals surface area contributed by atoms with Crippen LogP contribution in [0.25, 0.3) is 21.5 Å². The minimum atomic E-state index is 0.00622. The zero-order valence-electron chi connectivity index (χ0n) is 22.3. The molecule has 0 atom stereocenters. The van der Waals surface area contributed by atoms with Crippen LogP contribution in [0, 0.1) is 0 Å². The summed E-state index contributed by atoms with van der Waals surface area (Å²) in [5.74, 6) is 3.45. The summed E-state index contributed by atoms with van der Waals surface area (Å²) in [4.78, 5) is 0. The second-order valence-corrected chi connectivity index (χ2v) is 9.95. The third-order valence-electron chi connectivity index (χ3n) is 7.37. The molecule has 1 aliphatic heterocycles. The second-order valence-electron chi connectivity index (χ2n) is 9.95. The van der Waals surface area contributed by atoms with E-state index in [4.69, 9.17) is 14.2 Å². The fourth-order valence-electron chi connectivity index (χ4n) is 5.65. The first-order valence-electron chi connectivity index (χ1n) is 13.6. The van der Waals surface area contributed by atoms with Gasteiger partial charge >= 0.3 is 0 Å². The van der Waals surface area contributed by atoms with Gasteiger partial charge in [-0.1, -0.05) is 87.2 Å². The van der Waals surface area contributed by atoms with Crippen molar-refractivity contribution in [2.75, 3.05) is 13.2 Å². The fraction of sp³-hybridized carbons (Fsp3) is 0.167. The zero-order valence-corrected chi connectivity index (χ0v) is 22.3. The van der Waals surface area contributed by atoms with Crippen LogP contribution in [0.1, 0.15) is 41.5 Å². The van der Waals surface area contributed by atoms with Crippen LogP contribution in [-0.4, -0.2) is 13.2 Å². The normalized spacial score (nSPS) is 12.4. The van der Waals surface area contributed by atoms with Gasteiger partial charge < -0.3 is 14.2 Å². The van der Waals surface area contributed by atoms with Crippen molar-refractivity contribution in [1.29, 1.82) is 0 Å². The molecule has 1 aliphatic rings. The van der Waals surface area contributed by atoms with E-state index in [0.717, 1.165) is 57.4 Å². The highest BCUT2D eigenvalue weighted by Gasteiger charge is 2.32. The summed E-state index contributed by atoms with van der Waals surface area (Å²) in [6.45, 7) is 10.7. The van der Waals surface area contributed by atoms with Gasteiger partial charge in [-0.3, -0.25) is 0 Å². The first-order valence-corrected chi connectivity index (χ1v) is 13.6. The molecule has 0 saturated heterocycles. The van der Waals surface area contributed by atoms with Crippen molar-refractivity contribution in [3.05, 3.63) is 132 Å². The van der Waals surface area contributed by atoms with Gasteiger partial charge in [-0.05, 0) is 75.5 Å². The molecular weight excluding hydrogens is 480 g/mol. The van der Waals surface area contributed by atoms with Crippen molar-refractivity contribution in [1.82, 2.24) is 0 Å². The summed E-state index contributed by atoms with van der Waals surface area (Å²) in [6, 6.07) is 30.1. The van der Waals surface area contributed by atoms with E-state index in [2.05, 4.69) is 92.9 Å². The summed E-state index contributed by atoms with van der Waals surface area (Å²) in [5.41, 5.74) is 4.97. The number of benzene rings is 5. The first-order chi connectivity index (χ1) is 19.2. The van der Waals surface area contributed by atoms with Gasteiger partial charge in [-0.25, -0.2) is 0 Å². The lowest BCUT2D eigenvalue weighted by molar-refractivity contribution is 0.363. The Labute approximate surface area is 230 Å². The fourth-order valence-corrected chi connectivity index (χ4v) is 5.65. The van der Waals surface area contributed by atoms with E-state index < -0.39 is 0 Å². The van der Waals surface area contributed by atoms with Gasteiger partial charge in [0.15, 0.2) is 0 Å². The van der Waals surface area contributed by atoms with Crippen LogP contribution in [-0.2, 0) is 6.42 Å². The maximum atomic E-state index is 6.61. The molecule has 1 heterocycles. The molecule has 6 rings (SSSR count). The summed E-state index contributed by atoms with van der Waals surface area (Å²) in [5, 5.41) is 4.56. The largest absolute Gasteiger partial charge is 0.490 e. The van der Waals surface area contributed by atoms with Crippen LogP contribution in [0.4, 0.5) is 0 Å². The molecule has 0 saturated carbocycles. The van der Waals surface area contributed by atoms with E-state index in [1.807, 2.05) is 12.1 Å². The summed E-state index contributed by atoms with van der Waals surface area (Å²) in [6.07, 6.45) is 5.73. The van der Waals surface area contributed by atoms with Crippen molar-refractivity contribution in [2.45, 2.75) is 25.7 Å². The molecule has 5 aromatic rings. The number of rotatable bonds is 9. The third-order valence-corrected chi connectivity index (χ3v) is 7.37. The molecule has 0 aromatic heterocycles. The van der Waals surface area contributed by atoms with Crippen LogP contribution >= 0.6 is 0 Å². The molecule has 0 bridgehead atoms. The molecule has 0 fully saturated rings. The molecule has 0 amide bonds. The number of aryl methyl sites for hydroxylation is 1. The Balaban J connectivity index is 1.57. The molecule has 194 valence electrons. The predicted molar refractivity (Wildman–Crippen MR) is 161 cm³/mol. The van der Waals surface area contributed by atoms with Crippen molar-refractivity contribution in [3.8, 4) is 23.0 Å². The lowest BCUT2D eigenvalue weighted by Gasteiger charge is -2.31. The average Bonchev–Trinajstić information content (AvgIpc) is 2.98. The van der Waals surface area contributed by atoms with Crippen molar-refractivity contribution in [2.24, 2.45) is 0 Å². The van der Waals surface area contributed by atoms with Crippen LogP contribution in [0.3, 0.4) is 0 Å². The molecule has 0 spiro atoms. The van der Waals surface area contributed by atoms with E-state index in [1.54, 1.807) is 12.2 Å². The Morgan fingerprint density at radius 3 is 1.72 bits per heavy atom. The van der Waals surface area contributed by atoms with Gasteiger partial charge in [-0.15, -0.1) is 0 Å². The summed E-state index contributed by atoms with van der Waals surface area (Å²) < 4.78 is 18.3. The van der Waals surface area contributed by atoms with Gasteiger partial charge in [0.2, 0.25) is 0 Å². The van der Waals surface area contributed by atoms with Gasteiger partial charge in [-0.2, -0.15) is 0 Å². The Morgan fingerprint density at radius 2 is 1.23 bits per heavy atom. The van der Waals surface area contributed by atoms with E-state index in [9.17, 15) is 0 Å². The Kier molecular flexibility index (Phi) is 6.81. The molecule has 3 heteroatoms. The molecule has 39 heavy (non-hydrogen) atoms. The van der Waals surface area contributed by atoms with Crippen molar-refractivity contribution < 1.29 is 14.2 Å². The highest BCUT2D eigenvalue weighted by atomic mass is 16.5. The summed E-state index contributed by atoms with van der Waals surface area (Å²) in [7, 11) is 0. The Morgan fingerprint density at radius 1 is 0.692 bits per heavy atom. The quantitative estimate of drug-likeness (QED) is 0.181. The molecule has 0 unspecified atom stereocenters. The van der Waals surface area contributed by atoms with Crippen molar-refractivity contribution >= 4 is 21.5 Å². The van der Waals surface area contributed by atoms with Crippen LogP contribution in [0.15, 0.2) is 110 Å². The minimum Gasteiger partial charge on any atom is -0.490 e. The first kappa shape index (κ1) is 24.8. The minimum absolute atomic E-state index is 0.00622. The lowest BCUT2D eigenvalue weighted by atomic mass is 9.78. The van der Waals surface area contributed by atoms with E-state index in [-0.39, 0.29) is 5.92 Å². The van der Waals surface area contributed by atoms with Crippen LogP contribution in [0.5, 0.6) is 23.0 Å². The summed E-state index contributed by atoms with van der Waals surface area (Å²) >= 11 is 0.